The summed E-state index contributed by atoms with van der Waals surface area (Å²) >= 11 is 4.22. The third kappa shape index (κ3) is 7.82. The van der Waals surface area contributed by atoms with E-state index in [0.717, 1.165) is 6.42 Å². The SMILES string of the molecule is CC(C)(S)CCC(N)=O. The number of carbonyl (C=O) groups excluding carboxylic acids is 1. The van der Waals surface area contributed by atoms with E-state index in [1.807, 2.05) is 13.8 Å². The van der Waals surface area contributed by atoms with Crippen molar-refractivity contribution in [2.24, 2.45) is 5.73 Å². The minimum Gasteiger partial charge on any atom is -0.370 e. The number of hydrogen-bond donors (Lipinski definition) is 2. The van der Waals surface area contributed by atoms with Gasteiger partial charge in [0.15, 0.2) is 0 Å². The highest BCUT2D eigenvalue weighted by atomic mass is 32.1. The standard InChI is InChI=1S/C6H13NOS/c1-6(2,9)4-3-5(7)8/h9H,3-4H2,1-2H3,(H2,7,8). The molecule has 0 spiro atoms. The zero-order valence-electron chi connectivity index (χ0n) is 5.85. The molecule has 2 N–H and O–H groups in total. The van der Waals surface area contributed by atoms with Crippen molar-refractivity contribution in [2.45, 2.75) is 31.4 Å². The van der Waals surface area contributed by atoms with Crippen molar-refractivity contribution in [1.29, 1.82) is 0 Å². The molecular formula is C6H13NOS. The van der Waals surface area contributed by atoms with E-state index in [2.05, 4.69) is 12.6 Å². The molecule has 3 heteroatoms. The van der Waals surface area contributed by atoms with Crippen LogP contribution in [0.1, 0.15) is 26.7 Å². The first-order valence-corrected chi connectivity index (χ1v) is 3.37. The molecule has 0 heterocycles. The van der Waals surface area contributed by atoms with E-state index in [0.29, 0.717) is 6.42 Å². The summed E-state index contributed by atoms with van der Waals surface area (Å²) < 4.78 is -0.0744. The zero-order chi connectivity index (χ0) is 7.49. The van der Waals surface area contributed by atoms with Gasteiger partial charge in [0, 0.05) is 11.2 Å². The van der Waals surface area contributed by atoms with Gasteiger partial charge in [-0.25, -0.2) is 0 Å². The van der Waals surface area contributed by atoms with Crippen molar-refractivity contribution in [3.05, 3.63) is 0 Å². The van der Waals surface area contributed by atoms with Gasteiger partial charge in [0.2, 0.25) is 5.91 Å². The summed E-state index contributed by atoms with van der Waals surface area (Å²) in [6.07, 6.45) is 1.17. The predicted molar refractivity (Wildman–Crippen MR) is 41.5 cm³/mol. The Morgan fingerprint density at radius 1 is 1.67 bits per heavy atom. The van der Waals surface area contributed by atoms with Crippen LogP contribution < -0.4 is 5.73 Å². The van der Waals surface area contributed by atoms with Gasteiger partial charge in [-0.2, -0.15) is 12.6 Å². The van der Waals surface area contributed by atoms with Crippen LogP contribution in [-0.4, -0.2) is 10.7 Å². The van der Waals surface area contributed by atoms with E-state index in [1.165, 1.54) is 0 Å². The Hall–Kier alpha value is -0.180. The molecule has 0 radical (unpaired) electrons. The van der Waals surface area contributed by atoms with Crippen LogP contribution in [0.2, 0.25) is 0 Å². The summed E-state index contributed by atoms with van der Waals surface area (Å²) in [6.45, 7) is 3.91. The first-order chi connectivity index (χ1) is 3.92. The molecule has 54 valence electrons. The maximum absolute atomic E-state index is 10.2. The lowest BCUT2D eigenvalue weighted by Gasteiger charge is -2.14. The monoisotopic (exact) mass is 147 g/mol. The number of carbonyl (C=O) groups is 1. The molecule has 2 nitrogen and oxygen atoms in total. The highest BCUT2D eigenvalue weighted by Crippen LogP contribution is 2.17. The summed E-state index contributed by atoms with van der Waals surface area (Å²) in [5.74, 6) is -0.253. The summed E-state index contributed by atoms with van der Waals surface area (Å²) in [7, 11) is 0. The topological polar surface area (TPSA) is 43.1 Å². The molecule has 0 fully saturated rings. The van der Waals surface area contributed by atoms with E-state index >= 15 is 0 Å². The van der Waals surface area contributed by atoms with E-state index in [1.54, 1.807) is 0 Å². The van der Waals surface area contributed by atoms with Crippen LogP contribution in [-0.2, 0) is 4.79 Å². The second-order valence-electron chi connectivity index (χ2n) is 2.78. The number of hydrogen-bond acceptors (Lipinski definition) is 2. The molecule has 0 atom stereocenters. The minimum absolute atomic E-state index is 0.0744. The van der Waals surface area contributed by atoms with Crippen molar-refractivity contribution >= 4 is 18.5 Å². The third-order valence-electron chi connectivity index (χ3n) is 0.983. The fourth-order valence-corrected chi connectivity index (χ4v) is 0.541. The molecule has 1 amide bonds. The predicted octanol–water partition coefficient (Wildman–Crippen LogP) is 0.960. The van der Waals surface area contributed by atoms with E-state index < -0.39 is 0 Å². The van der Waals surface area contributed by atoms with Gasteiger partial charge in [-0.05, 0) is 6.42 Å². The molecule has 0 aliphatic rings. The molecule has 0 aliphatic carbocycles. The van der Waals surface area contributed by atoms with Gasteiger partial charge in [0.1, 0.15) is 0 Å². The number of primary amides is 1. The number of thiol groups is 1. The second-order valence-corrected chi connectivity index (χ2v) is 3.99. The average Bonchev–Trinajstić information content (AvgIpc) is 1.59. The molecule has 0 aliphatic heterocycles. The Kier molecular flexibility index (Phi) is 3.04. The normalized spacial score (nSPS) is 11.4. The van der Waals surface area contributed by atoms with Crippen LogP contribution >= 0.6 is 12.6 Å². The molecule has 0 aromatic rings. The Bertz CT molecular complexity index is 106. The van der Waals surface area contributed by atoms with Crippen LogP contribution in [0, 0.1) is 0 Å². The number of amides is 1. The van der Waals surface area contributed by atoms with Crippen LogP contribution in [0.4, 0.5) is 0 Å². The molecule has 0 aromatic heterocycles. The highest BCUT2D eigenvalue weighted by molar-refractivity contribution is 7.81. The van der Waals surface area contributed by atoms with E-state index in [9.17, 15) is 4.79 Å². The lowest BCUT2D eigenvalue weighted by molar-refractivity contribution is -0.118. The van der Waals surface area contributed by atoms with Crippen LogP contribution in [0.5, 0.6) is 0 Å². The highest BCUT2D eigenvalue weighted by Gasteiger charge is 2.11. The van der Waals surface area contributed by atoms with Crippen LogP contribution in [0.3, 0.4) is 0 Å². The first-order valence-electron chi connectivity index (χ1n) is 2.92. The fourth-order valence-electron chi connectivity index (χ4n) is 0.429. The molecule has 0 saturated heterocycles. The van der Waals surface area contributed by atoms with Crippen LogP contribution in [0.25, 0.3) is 0 Å². The second kappa shape index (κ2) is 3.11. The fraction of sp³-hybridized carbons (Fsp3) is 0.833. The molecular weight excluding hydrogens is 134 g/mol. The molecule has 0 rings (SSSR count). The van der Waals surface area contributed by atoms with Gasteiger partial charge in [0.05, 0.1) is 0 Å². The zero-order valence-corrected chi connectivity index (χ0v) is 6.74. The van der Waals surface area contributed by atoms with Crippen molar-refractivity contribution in [2.75, 3.05) is 0 Å². The van der Waals surface area contributed by atoms with Gasteiger partial charge >= 0.3 is 0 Å². The smallest absolute Gasteiger partial charge is 0.217 e. The van der Waals surface area contributed by atoms with Gasteiger partial charge in [-0.1, -0.05) is 13.8 Å². The summed E-state index contributed by atoms with van der Waals surface area (Å²) in [4.78, 5) is 10.2. The molecule has 0 aromatic carbocycles. The Morgan fingerprint density at radius 3 is 2.22 bits per heavy atom. The molecule has 9 heavy (non-hydrogen) atoms. The maximum Gasteiger partial charge on any atom is 0.217 e. The Balaban J connectivity index is 3.39. The van der Waals surface area contributed by atoms with Crippen LogP contribution in [0.15, 0.2) is 0 Å². The maximum atomic E-state index is 10.2. The van der Waals surface area contributed by atoms with Gasteiger partial charge in [0.25, 0.3) is 0 Å². The van der Waals surface area contributed by atoms with Crippen molar-refractivity contribution in [3.63, 3.8) is 0 Å². The molecule has 0 unspecified atom stereocenters. The summed E-state index contributed by atoms with van der Waals surface area (Å²) in [5, 5.41) is 0. The Morgan fingerprint density at radius 2 is 2.11 bits per heavy atom. The summed E-state index contributed by atoms with van der Waals surface area (Å²) in [6, 6.07) is 0. The molecule has 0 bridgehead atoms. The van der Waals surface area contributed by atoms with Crippen molar-refractivity contribution < 1.29 is 4.79 Å². The first kappa shape index (κ1) is 8.82. The van der Waals surface area contributed by atoms with Crippen molar-refractivity contribution in [1.82, 2.24) is 0 Å². The quantitative estimate of drug-likeness (QED) is 0.574. The van der Waals surface area contributed by atoms with Gasteiger partial charge < -0.3 is 5.73 Å². The largest absolute Gasteiger partial charge is 0.370 e. The lowest BCUT2D eigenvalue weighted by Crippen LogP contribution is -2.17. The van der Waals surface area contributed by atoms with Gasteiger partial charge in [-0.15, -0.1) is 0 Å². The Labute approximate surface area is 61.2 Å². The third-order valence-corrected chi connectivity index (χ3v) is 1.21. The summed E-state index contributed by atoms with van der Waals surface area (Å²) in [5.41, 5.74) is 4.93. The van der Waals surface area contributed by atoms with Gasteiger partial charge in [-0.3, -0.25) is 4.79 Å². The molecule has 0 saturated carbocycles. The number of nitrogens with two attached hydrogens (primary N) is 1. The average molecular weight is 147 g/mol. The minimum atomic E-state index is -0.253. The van der Waals surface area contributed by atoms with Crippen molar-refractivity contribution in [3.8, 4) is 0 Å². The van der Waals surface area contributed by atoms with E-state index in [4.69, 9.17) is 5.73 Å². The van der Waals surface area contributed by atoms with E-state index in [-0.39, 0.29) is 10.7 Å². The number of rotatable bonds is 3. The lowest BCUT2D eigenvalue weighted by atomic mass is 10.1.